The average Bonchev–Trinajstić information content (AvgIpc) is 3.16. The molecular formula is C19H19N5O3S. The molecule has 8 nitrogen and oxygen atoms in total. The summed E-state index contributed by atoms with van der Waals surface area (Å²) in [5, 5.41) is 14.1. The van der Waals surface area contributed by atoms with E-state index in [4.69, 9.17) is 25.0 Å². The van der Waals surface area contributed by atoms with Gasteiger partial charge < -0.3 is 19.9 Å². The fourth-order valence-corrected chi connectivity index (χ4v) is 3.77. The summed E-state index contributed by atoms with van der Waals surface area (Å²) in [5.41, 5.74) is 9.20. The van der Waals surface area contributed by atoms with E-state index in [-0.39, 0.29) is 0 Å². The van der Waals surface area contributed by atoms with Gasteiger partial charge in [-0.3, -0.25) is 0 Å². The number of thioether (sulfide) groups is 1. The third kappa shape index (κ3) is 3.13. The van der Waals surface area contributed by atoms with Crippen molar-refractivity contribution in [1.82, 2.24) is 14.9 Å². The molecule has 2 heterocycles. The molecule has 2 aromatic carbocycles. The predicted octanol–water partition coefficient (Wildman–Crippen LogP) is 2.91. The number of hydrogen-bond donors (Lipinski definition) is 1. The normalized spacial score (nSPS) is 12.9. The average molecular weight is 397 g/mol. The molecule has 0 fully saturated rings. The van der Waals surface area contributed by atoms with Gasteiger partial charge in [-0.15, -0.1) is 10.2 Å². The van der Waals surface area contributed by atoms with Crippen LogP contribution in [0.25, 0.3) is 11.4 Å². The second-order valence-electron chi connectivity index (χ2n) is 5.99. The van der Waals surface area contributed by atoms with E-state index >= 15 is 0 Å². The number of anilines is 1. The monoisotopic (exact) mass is 397 g/mol. The Balaban J connectivity index is 1.81. The summed E-state index contributed by atoms with van der Waals surface area (Å²) in [7, 11) is 4.72. The molecule has 2 N–H and O–H groups in total. The molecule has 0 bridgehead atoms. The Kier molecular flexibility index (Phi) is 4.82. The standard InChI is InChI=1S/C19H19N5O3S/c1-25-15-8-12(9-16(26-2)17(15)27-3)18-21-22-19-24(18)23-14(10-28-19)11-4-6-13(20)7-5-11/h4-9H,10,20H2,1-3H3. The van der Waals surface area contributed by atoms with Crippen LogP contribution in [-0.2, 0) is 0 Å². The molecule has 3 aromatic rings. The van der Waals surface area contributed by atoms with Crippen LogP contribution < -0.4 is 19.9 Å². The van der Waals surface area contributed by atoms with Gasteiger partial charge in [-0.05, 0) is 29.8 Å². The number of ether oxygens (including phenoxy) is 3. The second-order valence-corrected chi connectivity index (χ2v) is 6.93. The highest BCUT2D eigenvalue weighted by Gasteiger charge is 2.23. The molecule has 144 valence electrons. The van der Waals surface area contributed by atoms with Gasteiger partial charge in [0.1, 0.15) is 0 Å². The molecule has 0 unspecified atom stereocenters. The largest absolute Gasteiger partial charge is 0.493 e. The minimum Gasteiger partial charge on any atom is -0.493 e. The quantitative estimate of drug-likeness (QED) is 0.661. The Labute approximate surface area is 166 Å². The molecule has 4 rings (SSSR count). The predicted molar refractivity (Wildman–Crippen MR) is 109 cm³/mol. The highest BCUT2D eigenvalue weighted by molar-refractivity contribution is 7.99. The van der Waals surface area contributed by atoms with E-state index in [0.717, 1.165) is 27.7 Å². The number of nitrogens with zero attached hydrogens (tertiary/aromatic N) is 4. The number of nitrogens with two attached hydrogens (primary N) is 1. The summed E-state index contributed by atoms with van der Waals surface area (Å²) in [4.78, 5) is 0. The molecular weight excluding hydrogens is 378 g/mol. The van der Waals surface area contributed by atoms with Gasteiger partial charge in [-0.25, -0.2) is 0 Å². The van der Waals surface area contributed by atoms with E-state index in [2.05, 4.69) is 10.2 Å². The van der Waals surface area contributed by atoms with Crippen molar-refractivity contribution in [3.63, 3.8) is 0 Å². The highest BCUT2D eigenvalue weighted by Crippen LogP contribution is 2.41. The number of nitrogen functional groups attached to an aromatic ring is 1. The first kappa shape index (κ1) is 18.2. The van der Waals surface area contributed by atoms with Crippen LogP contribution in [0, 0.1) is 0 Å². The Morgan fingerprint density at radius 3 is 2.21 bits per heavy atom. The van der Waals surface area contributed by atoms with Gasteiger partial charge in [0.2, 0.25) is 10.9 Å². The van der Waals surface area contributed by atoms with Gasteiger partial charge in [0.15, 0.2) is 17.3 Å². The van der Waals surface area contributed by atoms with Crippen LogP contribution >= 0.6 is 11.8 Å². The fourth-order valence-electron chi connectivity index (χ4n) is 2.93. The van der Waals surface area contributed by atoms with Crippen LogP contribution in [-0.4, -0.2) is 47.7 Å². The van der Waals surface area contributed by atoms with Crippen LogP contribution in [0.15, 0.2) is 46.7 Å². The third-order valence-corrected chi connectivity index (χ3v) is 5.27. The lowest BCUT2D eigenvalue weighted by Gasteiger charge is -2.16. The molecule has 1 aromatic heterocycles. The summed E-state index contributed by atoms with van der Waals surface area (Å²) >= 11 is 1.58. The molecule has 1 aliphatic heterocycles. The molecule has 0 amide bonds. The van der Waals surface area contributed by atoms with Gasteiger partial charge in [0.05, 0.1) is 27.0 Å². The summed E-state index contributed by atoms with van der Waals surface area (Å²) in [6, 6.07) is 11.3. The van der Waals surface area contributed by atoms with Crippen molar-refractivity contribution >= 4 is 23.2 Å². The number of aromatic nitrogens is 3. The molecule has 0 aliphatic carbocycles. The lowest BCUT2D eigenvalue weighted by Crippen LogP contribution is -2.13. The molecule has 0 spiro atoms. The Morgan fingerprint density at radius 1 is 0.929 bits per heavy atom. The van der Waals surface area contributed by atoms with Gasteiger partial charge in [0.25, 0.3) is 0 Å². The minimum absolute atomic E-state index is 0.521. The van der Waals surface area contributed by atoms with Crippen LogP contribution in [0.5, 0.6) is 17.2 Å². The van der Waals surface area contributed by atoms with E-state index in [9.17, 15) is 0 Å². The van der Waals surface area contributed by atoms with E-state index < -0.39 is 0 Å². The number of fused-ring (bicyclic) bond motifs is 1. The van der Waals surface area contributed by atoms with E-state index in [1.807, 2.05) is 36.4 Å². The van der Waals surface area contributed by atoms with Crippen LogP contribution in [0.2, 0.25) is 0 Å². The van der Waals surface area contributed by atoms with Gasteiger partial charge >= 0.3 is 0 Å². The zero-order valence-corrected chi connectivity index (χ0v) is 16.5. The van der Waals surface area contributed by atoms with Crippen molar-refractivity contribution in [2.24, 2.45) is 5.10 Å². The first-order valence-corrected chi connectivity index (χ1v) is 9.45. The van der Waals surface area contributed by atoms with Crippen LogP contribution in [0.4, 0.5) is 5.69 Å². The lowest BCUT2D eigenvalue weighted by atomic mass is 10.1. The Bertz CT molecular complexity index is 1020. The van der Waals surface area contributed by atoms with Crippen LogP contribution in [0.1, 0.15) is 5.56 Å². The Hall–Kier alpha value is -3.20. The topological polar surface area (TPSA) is 96.8 Å². The molecule has 0 saturated heterocycles. The van der Waals surface area contributed by atoms with Crippen molar-refractivity contribution in [3.8, 4) is 28.6 Å². The maximum atomic E-state index is 5.79. The molecule has 0 atom stereocenters. The summed E-state index contributed by atoms with van der Waals surface area (Å²) in [6.45, 7) is 0. The first-order valence-electron chi connectivity index (χ1n) is 8.47. The van der Waals surface area contributed by atoms with Crippen molar-refractivity contribution in [3.05, 3.63) is 42.0 Å². The molecule has 0 radical (unpaired) electrons. The molecule has 0 saturated carbocycles. The maximum absolute atomic E-state index is 5.79. The zero-order valence-electron chi connectivity index (χ0n) is 15.7. The third-order valence-electron chi connectivity index (χ3n) is 4.34. The summed E-state index contributed by atoms with van der Waals surface area (Å²) < 4.78 is 18.0. The second kappa shape index (κ2) is 7.43. The first-order chi connectivity index (χ1) is 13.6. The van der Waals surface area contributed by atoms with Gasteiger partial charge in [-0.1, -0.05) is 23.9 Å². The maximum Gasteiger partial charge on any atom is 0.212 e. The SMILES string of the molecule is COc1cc(-c2nnc3n2N=C(c2ccc(N)cc2)CS3)cc(OC)c1OC. The van der Waals surface area contributed by atoms with Crippen molar-refractivity contribution in [2.75, 3.05) is 32.8 Å². The molecule has 28 heavy (non-hydrogen) atoms. The number of methoxy groups -OCH3 is 3. The summed E-state index contributed by atoms with van der Waals surface area (Å²) in [5.74, 6) is 2.90. The highest BCUT2D eigenvalue weighted by atomic mass is 32.2. The number of rotatable bonds is 5. The molecule has 1 aliphatic rings. The Morgan fingerprint density at radius 2 is 1.61 bits per heavy atom. The number of benzene rings is 2. The minimum atomic E-state index is 0.521. The van der Waals surface area contributed by atoms with E-state index in [1.165, 1.54) is 0 Å². The van der Waals surface area contributed by atoms with Crippen molar-refractivity contribution in [1.29, 1.82) is 0 Å². The van der Waals surface area contributed by atoms with E-state index in [0.29, 0.717) is 28.8 Å². The van der Waals surface area contributed by atoms with Gasteiger partial charge in [-0.2, -0.15) is 9.78 Å². The van der Waals surface area contributed by atoms with Gasteiger partial charge in [0, 0.05) is 17.0 Å². The van der Waals surface area contributed by atoms with Crippen molar-refractivity contribution < 1.29 is 14.2 Å². The van der Waals surface area contributed by atoms with Crippen LogP contribution in [0.3, 0.4) is 0 Å². The smallest absolute Gasteiger partial charge is 0.212 e. The fraction of sp³-hybridized carbons (Fsp3) is 0.211. The zero-order chi connectivity index (χ0) is 19.7. The molecule has 9 heteroatoms. The number of hydrogen-bond acceptors (Lipinski definition) is 8. The summed E-state index contributed by atoms with van der Waals surface area (Å²) in [6.07, 6.45) is 0. The van der Waals surface area contributed by atoms with Crippen molar-refractivity contribution in [2.45, 2.75) is 5.16 Å². The lowest BCUT2D eigenvalue weighted by molar-refractivity contribution is 0.324. The van der Waals surface area contributed by atoms with E-state index in [1.54, 1.807) is 37.8 Å².